The van der Waals surface area contributed by atoms with Crippen molar-refractivity contribution < 1.29 is 13.6 Å². The fourth-order valence-corrected chi connectivity index (χ4v) is 2.25. The number of rotatable bonds is 6. The van der Waals surface area contributed by atoms with Crippen LogP contribution in [0.5, 0.6) is 0 Å². The van der Waals surface area contributed by atoms with Gasteiger partial charge in [0.05, 0.1) is 12.9 Å². The average molecular weight is 176 g/mol. The summed E-state index contributed by atoms with van der Waals surface area (Å²) in [5.41, 5.74) is 0.350. The normalized spacial score (nSPS) is 13.1. The minimum Gasteiger partial charge on any atom is -0.502 e. The smallest absolute Gasteiger partial charge is 0.327 e. The highest BCUT2D eigenvalue weighted by molar-refractivity contribution is 6.46. The summed E-state index contributed by atoms with van der Waals surface area (Å²) in [6.45, 7) is 6.13. The molecule has 0 aromatic rings. The Kier molecular flexibility index (Phi) is 6.20. The molecular formula is C7H16O3Si. The van der Waals surface area contributed by atoms with Gasteiger partial charge in [0.1, 0.15) is 0 Å². The third kappa shape index (κ3) is 4.18. The summed E-state index contributed by atoms with van der Waals surface area (Å²) in [7, 11) is 1.85. The van der Waals surface area contributed by atoms with Crippen LogP contribution in [0.25, 0.3) is 0 Å². The van der Waals surface area contributed by atoms with Crippen molar-refractivity contribution >= 4 is 9.28 Å². The van der Waals surface area contributed by atoms with Gasteiger partial charge in [-0.1, -0.05) is 13.5 Å². The molecule has 4 heteroatoms. The molecule has 0 saturated carbocycles. The second-order valence-corrected chi connectivity index (χ2v) is 5.13. The van der Waals surface area contributed by atoms with E-state index in [1.165, 1.54) is 6.26 Å². The molecule has 0 rings (SSSR count). The van der Waals surface area contributed by atoms with Gasteiger partial charge in [-0.2, -0.15) is 0 Å². The molecule has 0 radical (unpaired) electrons. The standard InChI is InChI=1S/C7H16O3Si/c1-5-10-6-7(2)11(8-3)9-4/h5,7,11H,1,6H2,2-4H3. The van der Waals surface area contributed by atoms with Crippen LogP contribution < -0.4 is 0 Å². The van der Waals surface area contributed by atoms with Crippen LogP contribution in [0.1, 0.15) is 6.92 Å². The summed E-state index contributed by atoms with van der Waals surface area (Å²) in [5.74, 6) is 0. The van der Waals surface area contributed by atoms with E-state index in [0.717, 1.165) is 0 Å². The van der Waals surface area contributed by atoms with Crippen molar-refractivity contribution in [2.75, 3.05) is 20.8 Å². The molecule has 0 aliphatic heterocycles. The minimum atomic E-state index is -1.49. The molecule has 0 amide bonds. The van der Waals surface area contributed by atoms with E-state index in [1.54, 1.807) is 14.2 Å². The first-order valence-electron chi connectivity index (χ1n) is 3.54. The van der Waals surface area contributed by atoms with Gasteiger partial charge in [-0.25, -0.2) is 0 Å². The van der Waals surface area contributed by atoms with Crippen LogP contribution in [0.15, 0.2) is 12.8 Å². The molecule has 0 fully saturated rings. The Morgan fingerprint density at radius 1 is 1.45 bits per heavy atom. The molecular weight excluding hydrogens is 160 g/mol. The van der Waals surface area contributed by atoms with Crippen molar-refractivity contribution in [1.82, 2.24) is 0 Å². The molecule has 1 unspecified atom stereocenters. The van der Waals surface area contributed by atoms with Crippen LogP contribution in [-0.4, -0.2) is 30.1 Å². The maximum absolute atomic E-state index is 5.16. The molecule has 0 aromatic carbocycles. The Labute approximate surface area is 69.8 Å². The number of ether oxygens (including phenoxy) is 1. The lowest BCUT2D eigenvalue weighted by Gasteiger charge is -2.17. The molecule has 0 spiro atoms. The first kappa shape index (κ1) is 10.7. The highest BCUT2D eigenvalue weighted by atomic mass is 28.3. The van der Waals surface area contributed by atoms with E-state index in [0.29, 0.717) is 12.1 Å². The SMILES string of the molecule is C=COCC(C)[SiH](OC)OC. The zero-order chi connectivity index (χ0) is 8.69. The first-order chi connectivity index (χ1) is 5.26. The summed E-state index contributed by atoms with van der Waals surface area (Å²) in [6.07, 6.45) is 1.44. The van der Waals surface area contributed by atoms with Gasteiger partial charge in [0.15, 0.2) is 0 Å². The average Bonchev–Trinajstić information content (AvgIpc) is 2.03. The molecule has 0 heterocycles. The Balaban J connectivity index is 3.59. The van der Waals surface area contributed by atoms with Crippen molar-refractivity contribution in [2.45, 2.75) is 12.5 Å². The van der Waals surface area contributed by atoms with Gasteiger partial charge in [-0.05, 0) is 0 Å². The molecule has 11 heavy (non-hydrogen) atoms. The van der Waals surface area contributed by atoms with E-state index in [2.05, 4.69) is 6.58 Å². The number of hydrogen-bond donors (Lipinski definition) is 0. The van der Waals surface area contributed by atoms with E-state index in [4.69, 9.17) is 13.6 Å². The lowest BCUT2D eigenvalue weighted by atomic mass is 10.5. The van der Waals surface area contributed by atoms with Crippen LogP contribution in [0.2, 0.25) is 5.54 Å². The van der Waals surface area contributed by atoms with E-state index in [-0.39, 0.29) is 0 Å². The van der Waals surface area contributed by atoms with Crippen LogP contribution >= 0.6 is 0 Å². The van der Waals surface area contributed by atoms with Gasteiger partial charge in [-0.3, -0.25) is 0 Å². The lowest BCUT2D eigenvalue weighted by molar-refractivity contribution is 0.211. The minimum absolute atomic E-state index is 0.350. The van der Waals surface area contributed by atoms with Crippen molar-refractivity contribution in [1.29, 1.82) is 0 Å². The molecule has 0 N–H and O–H groups in total. The molecule has 0 aromatic heterocycles. The third-order valence-electron chi connectivity index (χ3n) is 1.41. The third-order valence-corrected chi connectivity index (χ3v) is 3.46. The monoisotopic (exact) mass is 176 g/mol. The van der Waals surface area contributed by atoms with Crippen LogP contribution in [-0.2, 0) is 13.6 Å². The number of hydrogen-bond acceptors (Lipinski definition) is 3. The molecule has 0 aliphatic rings. The quantitative estimate of drug-likeness (QED) is 0.447. The summed E-state index contributed by atoms with van der Waals surface area (Å²) >= 11 is 0. The second kappa shape index (κ2) is 6.39. The molecule has 1 atom stereocenters. The molecule has 0 saturated heterocycles. The van der Waals surface area contributed by atoms with Crippen molar-refractivity contribution in [2.24, 2.45) is 0 Å². The predicted octanol–water partition coefficient (Wildman–Crippen LogP) is 1.05. The summed E-state index contributed by atoms with van der Waals surface area (Å²) in [6, 6.07) is 0. The van der Waals surface area contributed by atoms with Crippen molar-refractivity contribution in [3.8, 4) is 0 Å². The van der Waals surface area contributed by atoms with Gasteiger partial charge in [0.25, 0.3) is 0 Å². The van der Waals surface area contributed by atoms with Crippen LogP contribution in [0, 0.1) is 0 Å². The lowest BCUT2D eigenvalue weighted by Crippen LogP contribution is -2.26. The Morgan fingerprint density at radius 3 is 2.36 bits per heavy atom. The highest BCUT2D eigenvalue weighted by Crippen LogP contribution is 2.10. The van der Waals surface area contributed by atoms with Gasteiger partial charge in [0, 0.05) is 19.8 Å². The van der Waals surface area contributed by atoms with Crippen LogP contribution in [0.3, 0.4) is 0 Å². The highest BCUT2D eigenvalue weighted by Gasteiger charge is 2.19. The zero-order valence-corrected chi connectivity index (χ0v) is 8.53. The molecule has 0 bridgehead atoms. The van der Waals surface area contributed by atoms with E-state index >= 15 is 0 Å². The first-order valence-corrected chi connectivity index (χ1v) is 5.15. The van der Waals surface area contributed by atoms with Gasteiger partial charge >= 0.3 is 9.28 Å². The molecule has 0 aliphatic carbocycles. The maximum atomic E-state index is 5.16. The van der Waals surface area contributed by atoms with E-state index < -0.39 is 9.28 Å². The molecule has 66 valence electrons. The van der Waals surface area contributed by atoms with E-state index in [9.17, 15) is 0 Å². The predicted molar refractivity (Wildman–Crippen MR) is 46.7 cm³/mol. The van der Waals surface area contributed by atoms with Crippen LogP contribution in [0.4, 0.5) is 0 Å². The summed E-state index contributed by atoms with van der Waals surface area (Å²) < 4.78 is 15.3. The fraction of sp³-hybridized carbons (Fsp3) is 0.714. The van der Waals surface area contributed by atoms with Crippen molar-refractivity contribution in [3.05, 3.63) is 12.8 Å². The van der Waals surface area contributed by atoms with Gasteiger partial charge in [-0.15, -0.1) is 0 Å². The summed E-state index contributed by atoms with van der Waals surface area (Å²) in [5, 5.41) is 0. The largest absolute Gasteiger partial charge is 0.502 e. The molecule has 3 nitrogen and oxygen atoms in total. The Hall–Kier alpha value is -0.323. The van der Waals surface area contributed by atoms with Gasteiger partial charge in [0.2, 0.25) is 0 Å². The topological polar surface area (TPSA) is 27.7 Å². The van der Waals surface area contributed by atoms with E-state index in [1.807, 2.05) is 6.92 Å². The van der Waals surface area contributed by atoms with Gasteiger partial charge < -0.3 is 13.6 Å². The fourth-order valence-electron chi connectivity index (χ4n) is 0.859. The Morgan fingerprint density at radius 2 is 2.00 bits per heavy atom. The Bertz CT molecular complexity index is 104. The summed E-state index contributed by atoms with van der Waals surface area (Å²) in [4.78, 5) is 0. The van der Waals surface area contributed by atoms with Crippen molar-refractivity contribution in [3.63, 3.8) is 0 Å². The maximum Gasteiger partial charge on any atom is 0.327 e. The zero-order valence-electron chi connectivity index (χ0n) is 7.37. The second-order valence-electron chi connectivity index (χ2n) is 2.32.